The van der Waals surface area contributed by atoms with Gasteiger partial charge in [-0.25, -0.2) is 9.78 Å². The van der Waals surface area contributed by atoms with E-state index < -0.39 is 5.97 Å². The number of fused-ring (bicyclic) bond motifs is 8. The molecule has 4 aromatic rings. The summed E-state index contributed by atoms with van der Waals surface area (Å²) >= 11 is 0. The Hall–Kier alpha value is -3.48. The zero-order valence-electron chi connectivity index (χ0n) is 14.9. The number of carbonyl (C=O) groups is 1. The number of nitrogens with zero attached hydrogens (tertiary/aromatic N) is 1. The van der Waals surface area contributed by atoms with Gasteiger partial charge in [-0.2, -0.15) is 0 Å². The highest BCUT2D eigenvalue weighted by atomic mass is 16.7. The summed E-state index contributed by atoms with van der Waals surface area (Å²) in [4.78, 5) is 17.1. The lowest BCUT2D eigenvalue weighted by molar-refractivity contribution is 0.0602. The number of aromatic nitrogens is 1. The first-order chi connectivity index (χ1) is 13.1. The molecule has 0 saturated heterocycles. The van der Waals surface area contributed by atoms with Gasteiger partial charge in [-0.3, -0.25) is 0 Å². The number of hydrogen-bond acceptors (Lipinski definition) is 7. The van der Waals surface area contributed by atoms with E-state index in [1.807, 2.05) is 18.2 Å². The topological polar surface area (TPSA) is 80.0 Å². The number of rotatable bonds is 2. The van der Waals surface area contributed by atoms with Gasteiger partial charge >= 0.3 is 5.97 Å². The largest absolute Gasteiger partial charge is 0.496 e. The van der Waals surface area contributed by atoms with Crippen molar-refractivity contribution in [2.24, 2.45) is 0 Å². The molecule has 7 heteroatoms. The zero-order chi connectivity index (χ0) is 18.7. The molecule has 1 aliphatic rings. The molecule has 0 saturated carbocycles. The molecule has 2 heterocycles. The van der Waals surface area contributed by atoms with Gasteiger partial charge in [0, 0.05) is 23.1 Å². The minimum absolute atomic E-state index is 0.0798. The second-order valence-electron chi connectivity index (χ2n) is 6.19. The van der Waals surface area contributed by atoms with Crippen molar-refractivity contribution in [3.8, 4) is 17.2 Å². The third-order valence-electron chi connectivity index (χ3n) is 4.78. The first-order valence-electron chi connectivity index (χ1n) is 8.34. The summed E-state index contributed by atoms with van der Waals surface area (Å²) in [6.45, 7) is 1.84. The molecule has 7 nitrogen and oxygen atoms in total. The molecular formula is C20H15NO6. The second-order valence-corrected chi connectivity index (χ2v) is 6.19. The molecule has 1 aromatic heterocycles. The molecule has 0 aliphatic carbocycles. The van der Waals surface area contributed by atoms with E-state index in [-0.39, 0.29) is 6.79 Å². The van der Waals surface area contributed by atoms with Gasteiger partial charge in [0.1, 0.15) is 11.3 Å². The van der Waals surface area contributed by atoms with Crippen LogP contribution in [0.2, 0.25) is 0 Å². The summed E-state index contributed by atoms with van der Waals surface area (Å²) in [6.07, 6.45) is 0. The van der Waals surface area contributed by atoms with Crippen LogP contribution in [0.5, 0.6) is 17.2 Å². The van der Waals surface area contributed by atoms with Gasteiger partial charge in [0.15, 0.2) is 23.0 Å². The Morgan fingerprint density at radius 2 is 2.00 bits per heavy atom. The molecule has 136 valence electrons. The second kappa shape index (κ2) is 5.51. The fraction of sp³-hybridized carbons (Fsp3) is 0.200. The van der Waals surface area contributed by atoms with Crippen LogP contribution in [0.4, 0.5) is 0 Å². The van der Waals surface area contributed by atoms with Gasteiger partial charge in [-0.15, -0.1) is 0 Å². The van der Waals surface area contributed by atoms with Crippen molar-refractivity contribution in [1.82, 2.24) is 4.98 Å². The maximum atomic E-state index is 12.5. The van der Waals surface area contributed by atoms with Crippen molar-refractivity contribution in [2.75, 3.05) is 21.0 Å². The van der Waals surface area contributed by atoms with Crippen LogP contribution in [-0.4, -0.2) is 32.0 Å². The van der Waals surface area contributed by atoms with Crippen molar-refractivity contribution < 1.29 is 28.2 Å². The van der Waals surface area contributed by atoms with Crippen LogP contribution < -0.4 is 14.2 Å². The Morgan fingerprint density at radius 3 is 2.78 bits per heavy atom. The first kappa shape index (κ1) is 15.7. The van der Waals surface area contributed by atoms with Crippen molar-refractivity contribution in [2.45, 2.75) is 6.92 Å². The summed E-state index contributed by atoms with van der Waals surface area (Å²) < 4.78 is 27.8. The molecular weight excluding hydrogens is 350 g/mol. The molecule has 3 aromatic carbocycles. The predicted octanol–water partition coefficient (Wildman–Crippen LogP) is 3.97. The Kier molecular flexibility index (Phi) is 3.21. The van der Waals surface area contributed by atoms with Crippen molar-refractivity contribution in [1.29, 1.82) is 0 Å². The van der Waals surface area contributed by atoms with E-state index in [0.717, 1.165) is 16.2 Å². The van der Waals surface area contributed by atoms with Crippen LogP contribution in [0.25, 0.3) is 32.6 Å². The maximum Gasteiger partial charge on any atom is 0.338 e. The predicted molar refractivity (Wildman–Crippen MR) is 97.8 cm³/mol. The van der Waals surface area contributed by atoms with E-state index in [4.69, 9.17) is 23.4 Å². The van der Waals surface area contributed by atoms with Gasteiger partial charge in [0.2, 0.25) is 6.79 Å². The smallest absolute Gasteiger partial charge is 0.338 e. The number of carbonyl (C=O) groups excluding carboxylic acids is 1. The van der Waals surface area contributed by atoms with Gasteiger partial charge in [0.05, 0.1) is 25.2 Å². The van der Waals surface area contributed by atoms with Gasteiger partial charge in [-0.1, -0.05) is 12.1 Å². The van der Waals surface area contributed by atoms with Crippen LogP contribution in [0.15, 0.2) is 28.7 Å². The Morgan fingerprint density at radius 1 is 1.15 bits per heavy atom. The Bertz CT molecular complexity index is 1260. The molecule has 0 unspecified atom stereocenters. The highest BCUT2D eigenvalue weighted by Gasteiger charge is 2.29. The van der Waals surface area contributed by atoms with E-state index in [1.54, 1.807) is 20.1 Å². The van der Waals surface area contributed by atoms with E-state index in [9.17, 15) is 4.79 Å². The lowest BCUT2D eigenvalue weighted by Crippen LogP contribution is -2.03. The highest BCUT2D eigenvalue weighted by molar-refractivity contribution is 6.30. The number of oxazole rings is 1. The summed E-state index contributed by atoms with van der Waals surface area (Å²) in [6, 6.07) is 7.29. The third-order valence-corrected chi connectivity index (χ3v) is 4.78. The fourth-order valence-electron chi connectivity index (χ4n) is 3.73. The Balaban J connectivity index is 2.14. The maximum absolute atomic E-state index is 12.5. The number of benzene rings is 3. The molecule has 0 spiro atoms. The van der Waals surface area contributed by atoms with E-state index in [0.29, 0.717) is 45.2 Å². The fourth-order valence-corrected chi connectivity index (χ4v) is 3.73. The molecule has 0 atom stereocenters. The van der Waals surface area contributed by atoms with Crippen LogP contribution in [0.3, 0.4) is 0 Å². The van der Waals surface area contributed by atoms with Gasteiger partial charge in [-0.05, 0) is 12.1 Å². The number of methoxy groups -OCH3 is 2. The molecule has 27 heavy (non-hydrogen) atoms. The number of esters is 1. The summed E-state index contributed by atoms with van der Waals surface area (Å²) in [5.74, 6) is 1.71. The molecule has 0 radical (unpaired) electrons. The minimum Gasteiger partial charge on any atom is -0.496 e. The van der Waals surface area contributed by atoms with Crippen molar-refractivity contribution in [3.05, 3.63) is 35.7 Å². The third kappa shape index (κ3) is 2.02. The molecule has 0 N–H and O–H groups in total. The van der Waals surface area contributed by atoms with Crippen LogP contribution in [-0.2, 0) is 4.74 Å². The molecule has 1 aliphatic heterocycles. The van der Waals surface area contributed by atoms with Gasteiger partial charge < -0.3 is 23.4 Å². The van der Waals surface area contributed by atoms with E-state index in [1.165, 1.54) is 7.11 Å². The van der Waals surface area contributed by atoms with E-state index in [2.05, 4.69) is 4.98 Å². The van der Waals surface area contributed by atoms with Crippen LogP contribution >= 0.6 is 0 Å². The SMILES string of the molecule is COC(=O)c1cc2c(c3c4cccc(OC)c4c4oc(C)nc4c13)OCO2. The normalized spacial score (nSPS) is 12.9. The molecule has 0 fully saturated rings. The van der Waals surface area contributed by atoms with Crippen LogP contribution in [0.1, 0.15) is 16.2 Å². The first-order valence-corrected chi connectivity index (χ1v) is 8.34. The highest BCUT2D eigenvalue weighted by Crippen LogP contribution is 2.49. The molecule has 0 bridgehead atoms. The standard InChI is InChI=1S/C20H15NO6/c1-9-21-17-15-11(20(22)24-3)7-13-18(26-8-25-13)16(15)10-5-4-6-12(23-2)14(10)19(17)27-9/h4-7H,8H2,1-3H3. The molecule has 0 amide bonds. The van der Waals surface area contributed by atoms with E-state index >= 15 is 0 Å². The average molecular weight is 365 g/mol. The lowest BCUT2D eigenvalue weighted by Gasteiger charge is -2.13. The monoisotopic (exact) mass is 365 g/mol. The summed E-state index contributed by atoms with van der Waals surface area (Å²) in [5, 5.41) is 2.92. The van der Waals surface area contributed by atoms with Crippen molar-refractivity contribution >= 4 is 38.6 Å². The van der Waals surface area contributed by atoms with Gasteiger partial charge in [0.25, 0.3) is 0 Å². The van der Waals surface area contributed by atoms with Crippen LogP contribution in [0, 0.1) is 6.92 Å². The number of ether oxygens (including phenoxy) is 4. The number of hydrogen-bond donors (Lipinski definition) is 0. The summed E-state index contributed by atoms with van der Waals surface area (Å²) in [7, 11) is 2.94. The summed E-state index contributed by atoms with van der Waals surface area (Å²) in [5.41, 5.74) is 1.45. The quantitative estimate of drug-likeness (QED) is 0.393. The minimum atomic E-state index is -0.484. The molecule has 5 rings (SSSR count). The lowest BCUT2D eigenvalue weighted by atomic mass is 9.95. The zero-order valence-corrected chi connectivity index (χ0v) is 14.9. The van der Waals surface area contributed by atoms with Crippen molar-refractivity contribution in [3.63, 3.8) is 0 Å². The number of aryl methyl sites for hydroxylation is 1. The average Bonchev–Trinajstić information content (AvgIpc) is 3.31. The Labute approximate surface area is 153 Å².